The van der Waals surface area contributed by atoms with Crippen molar-refractivity contribution in [3.05, 3.63) is 28.8 Å². The van der Waals surface area contributed by atoms with Crippen LogP contribution in [0.1, 0.15) is 37.0 Å². The fourth-order valence-corrected chi connectivity index (χ4v) is 3.05. The lowest BCUT2D eigenvalue weighted by Gasteiger charge is -2.35. The van der Waals surface area contributed by atoms with Gasteiger partial charge in [-0.2, -0.15) is 0 Å². The van der Waals surface area contributed by atoms with Gasteiger partial charge in [0.15, 0.2) is 0 Å². The molecule has 0 radical (unpaired) electrons. The number of carbonyl (C=O) groups excluding carboxylic acids is 1. The first-order valence-corrected chi connectivity index (χ1v) is 7.93. The van der Waals surface area contributed by atoms with Crippen LogP contribution in [0, 0.1) is 5.92 Å². The molecule has 1 aromatic rings. The van der Waals surface area contributed by atoms with E-state index in [9.17, 15) is 4.79 Å². The summed E-state index contributed by atoms with van der Waals surface area (Å²) in [6, 6.07) is 5.57. The predicted octanol–water partition coefficient (Wildman–Crippen LogP) is 2.65. The van der Waals surface area contributed by atoms with Crippen LogP contribution in [-0.4, -0.2) is 31.6 Å². The van der Waals surface area contributed by atoms with E-state index in [1.807, 2.05) is 6.07 Å². The number of hydrogen-bond donors (Lipinski definition) is 2. The van der Waals surface area contributed by atoms with Gasteiger partial charge in [-0.3, -0.25) is 4.79 Å². The topological polar surface area (TPSA) is 58.4 Å². The Morgan fingerprint density at radius 3 is 2.67 bits per heavy atom. The van der Waals surface area contributed by atoms with Gasteiger partial charge >= 0.3 is 0 Å². The Labute approximate surface area is 131 Å². The van der Waals surface area contributed by atoms with Crippen molar-refractivity contribution in [3.63, 3.8) is 0 Å². The number of carbonyl (C=O) groups is 1. The molecular formula is C16H24ClN3O. The summed E-state index contributed by atoms with van der Waals surface area (Å²) in [5.74, 6) is 0.228. The van der Waals surface area contributed by atoms with E-state index in [-0.39, 0.29) is 6.04 Å². The third-order valence-electron chi connectivity index (χ3n) is 4.07. The number of nitrogens with two attached hydrogens (primary N) is 1. The normalized spacial score (nSPS) is 16.2. The van der Waals surface area contributed by atoms with Crippen molar-refractivity contribution in [1.29, 1.82) is 0 Å². The maximum Gasteiger partial charge on any atom is 0.250 e. The molecule has 0 bridgehead atoms. The summed E-state index contributed by atoms with van der Waals surface area (Å²) in [7, 11) is 0. The summed E-state index contributed by atoms with van der Waals surface area (Å²) >= 11 is 6.12. The lowest BCUT2D eigenvalue weighted by molar-refractivity contribution is 0.100. The Bertz CT molecular complexity index is 498. The van der Waals surface area contributed by atoms with Gasteiger partial charge in [-0.15, -0.1) is 0 Å². The first kappa shape index (κ1) is 16.1. The fourth-order valence-electron chi connectivity index (χ4n) is 2.88. The first-order valence-electron chi connectivity index (χ1n) is 7.55. The van der Waals surface area contributed by atoms with Gasteiger partial charge in [0, 0.05) is 17.6 Å². The number of rotatable bonds is 5. The Balaban J connectivity index is 2.28. The van der Waals surface area contributed by atoms with Gasteiger partial charge in [-0.05, 0) is 63.9 Å². The molecule has 1 aliphatic heterocycles. The molecule has 1 fully saturated rings. The average molecular weight is 310 g/mol. The van der Waals surface area contributed by atoms with Gasteiger partial charge in [0.25, 0.3) is 5.91 Å². The summed E-state index contributed by atoms with van der Waals surface area (Å²) in [4.78, 5) is 13.9. The maximum atomic E-state index is 11.7. The lowest BCUT2D eigenvalue weighted by atomic mass is 9.96. The van der Waals surface area contributed by atoms with Crippen LogP contribution in [0.4, 0.5) is 5.69 Å². The molecule has 0 saturated carbocycles. The number of nitrogens with one attached hydrogen (secondary N) is 1. The highest BCUT2D eigenvalue weighted by atomic mass is 35.5. The van der Waals surface area contributed by atoms with E-state index in [0.717, 1.165) is 38.2 Å². The summed E-state index contributed by atoms with van der Waals surface area (Å²) in [6.07, 6.45) is 2.32. The molecule has 3 N–H and O–H groups in total. The maximum absolute atomic E-state index is 11.7. The minimum absolute atomic E-state index is 0.288. The van der Waals surface area contributed by atoms with Crippen molar-refractivity contribution < 1.29 is 4.79 Å². The van der Waals surface area contributed by atoms with Crippen LogP contribution in [0.3, 0.4) is 0 Å². The summed E-state index contributed by atoms with van der Waals surface area (Å²) < 4.78 is 0. The quantitative estimate of drug-likeness (QED) is 0.879. The zero-order chi connectivity index (χ0) is 15.4. The van der Waals surface area contributed by atoms with Gasteiger partial charge in [0.2, 0.25) is 0 Å². The van der Waals surface area contributed by atoms with Gasteiger partial charge in [-0.25, -0.2) is 0 Å². The van der Waals surface area contributed by atoms with Crippen molar-refractivity contribution in [2.75, 3.05) is 24.5 Å². The number of halogens is 1. The van der Waals surface area contributed by atoms with Gasteiger partial charge in [0.05, 0.1) is 11.3 Å². The highest BCUT2D eigenvalue weighted by Gasteiger charge is 2.22. The molecule has 1 amide bonds. The molecule has 4 nitrogen and oxygen atoms in total. The van der Waals surface area contributed by atoms with Crippen LogP contribution in [0.2, 0.25) is 5.02 Å². The van der Waals surface area contributed by atoms with Gasteiger partial charge < -0.3 is 16.0 Å². The van der Waals surface area contributed by atoms with Crippen LogP contribution in [0.15, 0.2) is 18.2 Å². The number of benzene rings is 1. The van der Waals surface area contributed by atoms with Crippen LogP contribution in [0.25, 0.3) is 0 Å². The Morgan fingerprint density at radius 2 is 2.10 bits per heavy atom. The van der Waals surface area contributed by atoms with Crippen molar-refractivity contribution in [2.24, 2.45) is 11.7 Å². The third-order valence-corrected chi connectivity index (χ3v) is 4.31. The first-order chi connectivity index (χ1) is 9.99. The minimum atomic E-state index is -0.405. The molecule has 5 heteroatoms. The van der Waals surface area contributed by atoms with Crippen LogP contribution in [0.5, 0.6) is 0 Å². The Morgan fingerprint density at radius 1 is 1.43 bits per heavy atom. The van der Waals surface area contributed by atoms with E-state index in [0.29, 0.717) is 16.5 Å². The van der Waals surface area contributed by atoms with Crippen molar-refractivity contribution in [1.82, 2.24) is 5.32 Å². The number of nitrogens with zero attached hydrogens (tertiary/aromatic N) is 1. The molecular weight excluding hydrogens is 286 g/mol. The lowest BCUT2D eigenvalue weighted by Crippen LogP contribution is -2.40. The zero-order valence-corrected chi connectivity index (χ0v) is 13.5. The molecule has 0 aliphatic carbocycles. The molecule has 0 unspecified atom stereocenters. The van der Waals surface area contributed by atoms with E-state index in [2.05, 4.69) is 24.1 Å². The zero-order valence-electron chi connectivity index (χ0n) is 12.7. The monoisotopic (exact) mass is 309 g/mol. The molecule has 0 spiro atoms. The standard InChI is InChI=1S/C16H24ClN3O/c1-11(2)20(10-12-5-7-19-8-6-12)15-9-13(17)3-4-14(15)16(18)21/h3-4,9,11-12,19H,5-8,10H2,1-2H3,(H2,18,21). The van der Waals surface area contributed by atoms with E-state index in [1.165, 1.54) is 0 Å². The largest absolute Gasteiger partial charge is 0.368 e. The fraction of sp³-hybridized carbons (Fsp3) is 0.562. The number of amides is 1. The number of anilines is 1. The average Bonchev–Trinajstić information content (AvgIpc) is 2.45. The van der Waals surface area contributed by atoms with Gasteiger partial charge in [-0.1, -0.05) is 11.6 Å². The Hall–Kier alpha value is -1.26. The smallest absolute Gasteiger partial charge is 0.250 e. The second-order valence-electron chi connectivity index (χ2n) is 5.97. The molecule has 1 heterocycles. The van der Waals surface area contributed by atoms with Gasteiger partial charge in [0.1, 0.15) is 0 Å². The second kappa shape index (κ2) is 7.14. The van der Waals surface area contributed by atoms with E-state index >= 15 is 0 Å². The summed E-state index contributed by atoms with van der Waals surface area (Å²) in [6.45, 7) is 7.32. The third kappa shape index (κ3) is 4.11. The predicted molar refractivity (Wildman–Crippen MR) is 88.0 cm³/mol. The van der Waals surface area contributed by atoms with E-state index < -0.39 is 5.91 Å². The molecule has 1 aromatic carbocycles. The minimum Gasteiger partial charge on any atom is -0.368 e. The van der Waals surface area contributed by atoms with E-state index in [1.54, 1.807) is 12.1 Å². The molecule has 2 rings (SSSR count). The number of hydrogen-bond acceptors (Lipinski definition) is 3. The number of piperidine rings is 1. The molecule has 0 aromatic heterocycles. The second-order valence-corrected chi connectivity index (χ2v) is 6.40. The number of primary amides is 1. The molecule has 21 heavy (non-hydrogen) atoms. The molecule has 116 valence electrons. The highest BCUT2D eigenvalue weighted by molar-refractivity contribution is 6.31. The van der Waals surface area contributed by atoms with Crippen LogP contribution >= 0.6 is 11.6 Å². The van der Waals surface area contributed by atoms with Crippen molar-refractivity contribution in [3.8, 4) is 0 Å². The molecule has 1 aliphatic rings. The molecule has 1 saturated heterocycles. The molecule has 0 atom stereocenters. The van der Waals surface area contributed by atoms with Crippen molar-refractivity contribution >= 4 is 23.2 Å². The van der Waals surface area contributed by atoms with E-state index in [4.69, 9.17) is 17.3 Å². The SMILES string of the molecule is CC(C)N(CC1CCNCC1)c1cc(Cl)ccc1C(N)=O. The summed E-state index contributed by atoms with van der Waals surface area (Å²) in [5, 5.41) is 4.01. The Kier molecular flexibility index (Phi) is 5.48. The van der Waals surface area contributed by atoms with Crippen LogP contribution in [-0.2, 0) is 0 Å². The van der Waals surface area contributed by atoms with Crippen molar-refractivity contribution in [2.45, 2.75) is 32.7 Å². The highest BCUT2D eigenvalue weighted by Crippen LogP contribution is 2.28. The van der Waals surface area contributed by atoms with Crippen LogP contribution < -0.4 is 16.0 Å². The summed E-state index contributed by atoms with van der Waals surface area (Å²) in [5.41, 5.74) is 6.91.